The van der Waals surface area contributed by atoms with E-state index in [1.54, 1.807) is 6.92 Å². The third kappa shape index (κ3) is 2.84. The van der Waals surface area contributed by atoms with E-state index >= 15 is 0 Å². The van der Waals surface area contributed by atoms with Crippen molar-refractivity contribution in [3.63, 3.8) is 0 Å². The molecule has 4 heteroatoms. The van der Waals surface area contributed by atoms with Gasteiger partial charge in [0.15, 0.2) is 0 Å². The fraction of sp³-hybridized carbons (Fsp3) is 0.667. The number of aliphatic hydroxyl groups is 1. The SMILES string of the molecule is CC(O)c1cccn1CCN1CCOCC1. The highest BCUT2D eigenvalue weighted by Gasteiger charge is 2.11. The van der Waals surface area contributed by atoms with Gasteiger partial charge < -0.3 is 14.4 Å². The summed E-state index contributed by atoms with van der Waals surface area (Å²) in [5.41, 5.74) is 0.994. The van der Waals surface area contributed by atoms with E-state index in [-0.39, 0.29) is 6.10 Å². The van der Waals surface area contributed by atoms with Gasteiger partial charge in [0.2, 0.25) is 0 Å². The topological polar surface area (TPSA) is 37.6 Å². The third-order valence-corrected chi connectivity index (χ3v) is 3.05. The van der Waals surface area contributed by atoms with Gasteiger partial charge >= 0.3 is 0 Å². The lowest BCUT2D eigenvalue weighted by molar-refractivity contribution is 0.0360. The van der Waals surface area contributed by atoms with E-state index in [0.717, 1.165) is 45.1 Å². The molecule has 90 valence electrons. The maximum absolute atomic E-state index is 9.58. The van der Waals surface area contributed by atoms with Gasteiger partial charge in [-0.2, -0.15) is 0 Å². The smallest absolute Gasteiger partial charge is 0.0911 e. The van der Waals surface area contributed by atoms with Crippen molar-refractivity contribution >= 4 is 0 Å². The van der Waals surface area contributed by atoms with Crippen LogP contribution in [0, 0.1) is 0 Å². The predicted molar refractivity (Wildman–Crippen MR) is 62.3 cm³/mol. The Labute approximate surface area is 96.4 Å². The first kappa shape index (κ1) is 11.6. The standard InChI is InChI=1S/C12H20N2O2/c1-11(15)12-3-2-4-14(12)6-5-13-7-9-16-10-8-13/h2-4,11,15H,5-10H2,1H3. The van der Waals surface area contributed by atoms with Gasteiger partial charge in [0.25, 0.3) is 0 Å². The largest absolute Gasteiger partial charge is 0.387 e. The number of morpholine rings is 1. The average molecular weight is 224 g/mol. The minimum Gasteiger partial charge on any atom is -0.387 e. The summed E-state index contributed by atoms with van der Waals surface area (Å²) in [6.07, 6.45) is 1.64. The molecule has 0 spiro atoms. The Morgan fingerprint density at radius 2 is 2.12 bits per heavy atom. The minimum atomic E-state index is -0.389. The summed E-state index contributed by atoms with van der Waals surface area (Å²) < 4.78 is 7.44. The van der Waals surface area contributed by atoms with Crippen molar-refractivity contribution in [1.29, 1.82) is 0 Å². The monoisotopic (exact) mass is 224 g/mol. The quantitative estimate of drug-likeness (QED) is 0.824. The van der Waals surface area contributed by atoms with Gasteiger partial charge in [-0.15, -0.1) is 0 Å². The predicted octanol–water partition coefficient (Wildman–Crippen LogP) is 0.874. The third-order valence-electron chi connectivity index (χ3n) is 3.05. The van der Waals surface area contributed by atoms with Crippen LogP contribution in [0.25, 0.3) is 0 Å². The molecule has 2 heterocycles. The summed E-state index contributed by atoms with van der Waals surface area (Å²) in [5, 5.41) is 9.58. The van der Waals surface area contributed by atoms with Crippen LogP contribution in [-0.4, -0.2) is 47.4 Å². The second-order valence-electron chi connectivity index (χ2n) is 4.26. The number of ether oxygens (including phenoxy) is 1. The Morgan fingerprint density at radius 3 is 2.81 bits per heavy atom. The lowest BCUT2D eigenvalue weighted by Crippen LogP contribution is -2.38. The first-order chi connectivity index (χ1) is 7.77. The zero-order chi connectivity index (χ0) is 11.4. The maximum Gasteiger partial charge on any atom is 0.0911 e. The second kappa shape index (κ2) is 5.48. The molecule has 0 radical (unpaired) electrons. The summed E-state index contributed by atoms with van der Waals surface area (Å²) in [5.74, 6) is 0. The summed E-state index contributed by atoms with van der Waals surface area (Å²) in [4.78, 5) is 2.40. The van der Waals surface area contributed by atoms with Crippen LogP contribution in [0.15, 0.2) is 18.3 Å². The van der Waals surface area contributed by atoms with E-state index in [4.69, 9.17) is 4.74 Å². The van der Waals surface area contributed by atoms with Crippen molar-refractivity contribution < 1.29 is 9.84 Å². The molecule has 16 heavy (non-hydrogen) atoms. The van der Waals surface area contributed by atoms with Crippen LogP contribution >= 0.6 is 0 Å². The van der Waals surface area contributed by atoms with Crippen LogP contribution in [0.2, 0.25) is 0 Å². The molecular weight excluding hydrogens is 204 g/mol. The van der Waals surface area contributed by atoms with Crippen molar-refractivity contribution in [2.75, 3.05) is 32.8 Å². The average Bonchev–Trinajstić information content (AvgIpc) is 2.76. The molecule has 1 unspecified atom stereocenters. The maximum atomic E-state index is 9.58. The number of hydrogen-bond acceptors (Lipinski definition) is 3. The van der Waals surface area contributed by atoms with Crippen LogP contribution in [0.4, 0.5) is 0 Å². The van der Waals surface area contributed by atoms with Gasteiger partial charge in [-0.1, -0.05) is 0 Å². The van der Waals surface area contributed by atoms with Crippen molar-refractivity contribution in [1.82, 2.24) is 9.47 Å². The van der Waals surface area contributed by atoms with Gasteiger partial charge in [-0.3, -0.25) is 4.90 Å². The molecule has 0 amide bonds. The number of aliphatic hydroxyl groups excluding tert-OH is 1. The van der Waals surface area contributed by atoms with Crippen molar-refractivity contribution in [3.05, 3.63) is 24.0 Å². The van der Waals surface area contributed by atoms with Crippen LogP contribution < -0.4 is 0 Å². The highest BCUT2D eigenvalue weighted by Crippen LogP contribution is 2.12. The molecule has 0 bridgehead atoms. The fourth-order valence-electron chi connectivity index (χ4n) is 2.08. The number of aromatic nitrogens is 1. The van der Waals surface area contributed by atoms with Crippen molar-refractivity contribution in [2.24, 2.45) is 0 Å². The molecule has 0 aromatic carbocycles. The normalized spacial score (nSPS) is 19.9. The molecule has 1 aromatic heterocycles. The fourth-order valence-corrected chi connectivity index (χ4v) is 2.08. The van der Waals surface area contributed by atoms with Crippen LogP contribution in [-0.2, 0) is 11.3 Å². The molecule has 1 aliphatic rings. The molecule has 0 saturated carbocycles. The summed E-state index contributed by atoms with van der Waals surface area (Å²) in [6, 6.07) is 3.96. The Hall–Kier alpha value is -0.840. The summed E-state index contributed by atoms with van der Waals surface area (Å²) >= 11 is 0. The van der Waals surface area contributed by atoms with Crippen LogP contribution in [0.5, 0.6) is 0 Å². The zero-order valence-corrected chi connectivity index (χ0v) is 9.80. The lowest BCUT2D eigenvalue weighted by Gasteiger charge is -2.27. The van der Waals surface area contributed by atoms with E-state index in [0.29, 0.717) is 0 Å². The summed E-state index contributed by atoms with van der Waals surface area (Å²) in [7, 11) is 0. The van der Waals surface area contributed by atoms with E-state index in [1.165, 1.54) is 0 Å². The molecule has 0 aliphatic carbocycles. The van der Waals surface area contributed by atoms with E-state index in [1.807, 2.05) is 18.3 Å². The molecule has 1 N–H and O–H groups in total. The van der Waals surface area contributed by atoms with Crippen LogP contribution in [0.3, 0.4) is 0 Å². The zero-order valence-electron chi connectivity index (χ0n) is 9.80. The lowest BCUT2D eigenvalue weighted by atomic mass is 10.3. The van der Waals surface area contributed by atoms with E-state index < -0.39 is 0 Å². The molecule has 2 rings (SSSR count). The highest BCUT2D eigenvalue weighted by molar-refractivity contribution is 5.09. The Balaban J connectivity index is 1.86. The molecule has 1 aromatic rings. The van der Waals surface area contributed by atoms with Gasteiger partial charge in [-0.05, 0) is 19.1 Å². The van der Waals surface area contributed by atoms with Gasteiger partial charge in [0.1, 0.15) is 0 Å². The van der Waals surface area contributed by atoms with E-state index in [9.17, 15) is 5.11 Å². The molecule has 4 nitrogen and oxygen atoms in total. The van der Waals surface area contributed by atoms with Gasteiger partial charge in [0, 0.05) is 38.1 Å². The van der Waals surface area contributed by atoms with E-state index in [2.05, 4.69) is 9.47 Å². The van der Waals surface area contributed by atoms with Crippen molar-refractivity contribution in [2.45, 2.75) is 19.6 Å². The van der Waals surface area contributed by atoms with Gasteiger partial charge in [-0.25, -0.2) is 0 Å². The minimum absolute atomic E-state index is 0.389. The molecule has 1 atom stereocenters. The highest BCUT2D eigenvalue weighted by atomic mass is 16.5. The number of hydrogen-bond donors (Lipinski definition) is 1. The van der Waals surface area contributed by atoms with Crippen LogP contribution in [0.1, 0.15) is 18.7 Å². The Morgan fingerprint density at radius 1 is 1.38 bits per heavy atom. The molecular formula is C12H20N2O2. The Bertz CT molecular complexity index is 317. The molecule has 1 fully saturated rings. The first-order valence-electron chi connectivity index (χ1n) is 5.90. The number of nitrogens with zero attached hydrogens (tertiary/aromatic N) is 2. The van der Waals surface area contributed by atoms with Gasteiger partial charge in [0.05, 0.1) is 19.3 Å². The second-order valence-corrected chi connectivity index (χ2v) is 4.26. The molecule has 1 saturated heterocycles. The molecule has 1 aliphatic heterocycles. The summed E-state index contributed by atoms with van der Waals surface area (Å²) in [6.45, 7) is 7.49. The first-order valence-corrected chi connectivity index (χ1v) is 5.90. The number of rotatable bonds is 4. The van der Waals surface area contributed by atoms with Crippen molar-refractivity contribution in [3.8, 4) is 0 Å². The Kier molecular flexibility index (Phi) is 3.98.